The summed E-state index contributed by atoms with van der Waals surface area (Å²) in [5.41, 5.74) is 8.75. The molecule has 0 amide bonds. The summed E-state index contributed by atoms with van der Waals surface area (Å²) in [6.07, 6.45) is 0. The lowest BCUT2D eigenvalue weighted by atomic mass is 9.98. The van der Waals surface area contributed by atoms with E-state index < -0.39 is 12.0 Å². The molecule has 0 heterocycles. The minimum absolute atomic E-state index is 0.404. The molecule has 3 heteroatoms. The Labute approximate surface area is 83.9 Å². The largest absolute Gasteiger partial charge is 0.468 e. The van der Waals surface area contributed by atoms with Crippen LogP contribution in [0.3, 0.4) is 0 Å². The van der Waals surface area contributed by atoms with E-state index in [9.17, 15) is 4.79 Å². The molecule has 1 rings (SSSR count). The number of rotatable bonds is 2. The van der Waals surface area contributed by atoms with Crippen LogP contribution in [-0.4, -0.2) is 13.1 Å². The van der Waals surface area contributed by atoms with Gasteiger partial charge in [-0.25, -0.2) is 0 Å². The van der Waals surface area contributed by atoms with Crippen LogP contribution in [0, 0.1) is 13.8 Å². The van der Waals surface area contributed by atoms with Gasteiger partial charge in [0.05, 0.1) is 7.11 Å². The molecule has 0 unspecified atom stereocenters. The lowest BCUT2D eigenvalue weighted by Crippen LogP contribution is -2.23. The molecular weight excluding hydrogens is 178 g/mol. The topological polar surface area (TPSA) is 52.3 Å². The second kappa shape index (κ2) is 4.24. The third-order valence-electron chi connectivity index (χ3n) is 2.44. The lowest BCUT2D eigenvalue weighted by molar-refractivity contribution is -0.142. The van der Waals surface area contributed by atoms with Crippen molar-refractivity contribution in [2.75, 3.05) is 7.11 Å². The van der Waals surface area contributed by atoms with E-state index >= 15 is 0 Å². The first-order chi connectivity index (χ1) is 6.57. The first-order valence-corrected chi connectivity index (χ1v) is 4.47. The van der Waals surface area contributed by atoms with Crippen molar-refractivity contribution in [3.63, 3.8) is 0 Å². The monoisotopic (exact) mass is 193 g/mol. The fourth-order valence-corrected chi connectivity index (χ4v) is 1.36. The third-order valence-corrected chi connectivity index (χ3v) is 2.44. The van der Waals surface area contributed by atoms with Crippen molar-refractivity contribution in [3.05, 3.63) is 34.9 Å². The van der Waals surface area contributed by atoms with E-state index in [-0.39, 0.29) is 0 Å². The number of ether oxygens (including phenoxy) is 1. The minimum Gasteiger partial charge on any atom is -0.468 e. The van der Waals surface area contributed by atoms with Crippen LogP contribution in [0.25, 0.3) is 0 Å². The zero-order valence-electron chi connectivity index (χ0n) is 8.70. The molecule has 0 spiro atoms. The van der Waals surface area contributed by atoms with Crippen LogP contribution in [0.15, 0.2) is 18.2 Å². The Kier molecular flexibility index (Phi) is 3.25. The summed E-state index contributed by atoms with van der Waals surface area (Å²) < 4.78 is 4.60. The smallest absolute Gasteiger partial charge is 0.327 e. The number of benzene rings is 1. The average molecular weight is 193 g/mol. The Morgan fingerprint density at radius 3 is 2.64 bits per heavy atom. The molecule has 14 heavy (non-hydrogen) atoms. The number of carbonyl (C=O) groups excluding carboxylic acids is 1. The van der Waals surface area contributed by atoms with E-state index in [1.165, 1.54) is 7.11 Å². The SMILES string of the molecule is COC(=O)[C@H](N)c1cccc(C)c1C. The number of methoxy groups -OCH3 is 1. The molecule has 1 aromatic carbocycles. The Morgan fingerprint density at radius 2 is 2.07 bits per heavy atom. The van der Waals surface area contributed by atoms with E-state index in [0.29, 0.717) is 0 Å². The molecular formula is C11H15NO2. The predicted octanol–water partition coefficient (Wildman–Crippen LogP) is 1.48. The van der Waals surface area contributed by atoms with Gasteiger partial charge in [0.2, 0.25) is 0 Å². The highest BCUT2D eigenvalue weighted by Crippen LogP contribution is 2.19. The molecule has 0 saturated heterocycles. The second-order valence-corrected chi connectivity index (χ2v) is 3.29. The zero-order chi connectivity index (χ0) is 10.7. The Morgan fingerprint density at radius 1 is 1.43 bits per heavy atom. The van der Waals surface area contributed by atoms with Crippen LogP contribution < -0.4 is 5.73 Å². The number of esters is 1. The summed E-state index contributed by atoms with van der Waals surface area (Å²) in [6.45, 7) is 3.94. The molecule has 1 atom stereocenters. The van der Waals surface area contributed by atoms with Crippen LogP contribution >= 0.6 is 0 Å². The van der Waals surface area contributed by atoms with Crippen molar-refractivity contribution < 1.29 is 9.53 Å². The Balaban J connectivity index is 3.07. The van der Waals surface area contributed by atoms with Gasteiger partial charge in [0.15, 0.2) is 0 Å². The molecule has 0 bridgehead atoms. The normalized spacial score (nSPS) is 12.3. The maximum absolute atomic E-state index is 11.2. The van der Waals surface area contributed by atoms with Gasteiger partial charge in [0.25, 0.3) is 0 Å². The van der Waals surface area contributed by atoms with Gasteiger partial charge in [-0.2, -0.15) is 0 Å². The standard InChI is InChI=1S/C11H15NO2/c1-7-5-4-6-9(8(7)2)10(12)11(13)14-3/h4-6,10H,12H2,1-3H3/t10-/m1/s1. The highest BCUT2D eigenvalue weighted by molar-refractivity contribution is 5.77. The van der Waals surface area contributed by atoms with Crippen molar-refractivity contribution in [1.82, 2.24) is 0 Å². The van der Waals surface area contributed by atoms with Crippen LogP contribution in [0.4, 0.5) is 0 Å². The summed E-state index contributed by atoms with van der Waals surface area (Å²) in [6, 6.07) is 5.05. The van der Waals surface area contributed by atoms with Gasteiger partial charge in [-0.1, -0.05) is 18.2 Å². The molecule has 1 aromatic rings. The molecule has 0 radical (unpaired) electrons. The van der Waals surface area contributed by atoms with Gasteiger partial charge in [0.1, 0.15) is 6.04 Å². The van der Waals surface area contributed by atoms with Crippen molar-refractivity contribution in [2.45, 2.75) is 19.9 Å². The molecule has 76 valence electrons. The van der Waals surface area contributed by atoms with Gasteiger partial charge in [-0.3, -0.25) is 4.79 Å². The third kappa shape index (κ3) is 1.93. The van der Waals surface area contributed by atoms with Gasteiger partial charge < -0.3 is 10.5 Å². The molecule has 0 aromatic heterocycles. The van der Waals surface area contributed by atoms with Crippen LogP contribution in [0.1, 0.15) is 22.7 Å². The highest BCUT2D eigenvalue weighted by atomic mass is 16.5. The summed E-state index contributed by atoms with van der Waals surface area (Å²) in [4.78, 5) is 11.2. The highest BCUT2D eigenvalue weighted by Gasteiger charge is 2.18. The molecule has 0 aliphatic rings. The quantitative estimate of drug-likeness (QED) is 0.724. The predicted molar refractivity (Wildman–Crippen MR) is 54.9 cm³/mol. The first-order valence-electron chi connectivity index (χ1n) is 4.47. The lowest BCUT2D eigenvalue weighted by Gasteiger charge is -2.13. The maximum Gasteiger partial charge on any atom is 0.327 e. The van der Waals surface area contributed by atoms with E-state index in [2.05, 4.69) is 4.74 Å². The number of nitrogens with two attached hydrogens (primary N) is 1. The zero-order valence-corrected chi connectivity index (χ0v) is 8.70. The van der Waals surface area contributed by atoms with Gasteiger partial charge in [-0.15, -0.1) is 0 Å². The Hall–Kier alpha value is -1.35. The fraction of sp³-hybridized carbons (Fsp3) is 0.364. The van der Waals surface area contributed by atoms with Gasteiger partial charge in [-0.05, 0) is 30.5 Å². The molecule has 2 N–H and O–H groups in total. The second-order valence-electron chi connectivity index (χ2n) is 3.29. The summed E-state index contributed by atoms with van der Waals surface area (Å²) in [5, 5.41) is 0. The van der Waals surface area contributed by atoms with E-state index in [1.54, 1.807) is 0 Å². The molecule has 0 aliphatic heterocycles. The number of aryl methyl sites for hydroxylation is 1. The Bertz CT molecular complexity index is 347. The summed E-state index contributed by atoms with van der Waals surface area (Å²) in [7, 11) is 1.34. The summed E-state index contributed by atoms with van der Waals surface area (Å²) >= 11 is 0. The number of hydrogen-bond acceptors (Lipinski definition) is 3. The van der Waals surface area contributed by atoms with Crippen molar-refractivity contribution >= 4 is 5.97 Å². The van der Waals surface area contributed by atoms with Crippen molar-refractivity contribution in [2.24, 2.45) is 5.73 Å². The van der Waals surface area contributed by atoms with Crippen LogP contribution in [0.5, 0.6) is 0 Å². The van der Waals surface area contributed by atoms with Gasteiger partial charge >= 0.3 is 5.97 Å². The molecule has 0 fully saturated rings. The van der Waals surface area contributed by atoms with Crippen LogP contribution in [0.2, 0.25) is 0 Å². The summed E-state index contributed by atoms with van der Waals surface area (Å²) in [5.74, 6) is -0.404. The van der Waals surface area contributed by atoms with Gasteiger partial charge in [0, 0.05) is 0 Å². The molecule has 3 nitrogen and oxygen atoms in total. The van der Waals surface area contributed by atoms with Crippen LogP contribution in [-0.2, 0) is 9.53 Å². The number of hydrogen-bond donors (Lipinski definition) is 1. The molecule has 0 aliphatic carbocycles. The van der Waals surface area contributed by atoms with E-state index in [1.807, 2.05) is 32.0 Å². The maximum atomic E-state index is 11.2. The molecule has 0 saturated carbocycles. The van der Waals surface area contributed by atoms with E-state index in [0.717, 1.165) is 16.7 Å². The first kappa shape index (κ1) is 10.7. The van der Waals surface area contributed by atoms with Crippen molar-refractivity contribution in [3.8, 4) is 0 Å². The number of carbonyl (C=O) groups is 1. The van der Waals surface area contributed by atoms with Crippen molar-refractivity contribution in [1.29, 1.82) is 0 Å². The minimum atomic E-state index is -0.681. The van der Waals surface area contributed by atoms with E-state index in [4.69, 9.17) is 5.73 Å². The fourth-order valence-electron chi connectivity index (χ4n) is 1.36. The average Bonchev–Trinajstić information content (AvgIpc) is 2.20.